The van der Waals surface area contributed by atoms with Crippen LogP contribution < -0.4 is 9.80 Å². The molecule has 1 aromatic carbocycles. The number of halogens is 1. The zero-order chi connectivity index (χ0) is 26.3. The highest BCUT2D eigenvalue weighted by atomic mass is 19.1. The summed E-state index contributed by atoms with van der Waals surface area (Å²) >= 11 is 0. The van der Waals surface area contributed by atoms with Gasteiger partial charge in [-0.05, 0) is 83.1 Å². The maximum Gasteiger partial charge on any atom is 0.273 e. The molecule has 200 valence electrons. The third-order valence-electron chi connectivity index (χ3n) is 7.98. The van der Waals surface area contributed by atoms with Gasteiger partial charge in [0.25, 0.3) is 5.91 Å². The van der Waals surface area contributed by atoms with Gasteiger partial charge < -0.3 is 24.9 Å². The molecule has 8 nitrogen and oxygen atoms in total. The van der Waals surface area contributed by atoms with Crippen molar-refractivity contribution in [2.45, 2.75) is 89.1 Å². The Hall–Kier alpha value is -2.78. The molecule has 3 aliphatic rings. The molecule has 1 saturated heterocycles. The second-order valence-electron chi connectivity index (χ2n) is 11.4. The number of piperazine rings is 1. The number of hydrogen-bond donors (Lipinski definition) is 2. The van der Waals surface area contributed by atoms with Crippen molar-refractivity contribution in [1.29, 1.82) is 0 Å². The molecule has 1 amide bonds. The average molecular weight is 512 g/mol. The quantitative estimate of drug-likeness (QED) is 0.614. The van der Waals surface area contributed by atoms with Crippen LogP contribution in [0.1, 0.15) is 75.3 Å². The van der Waals surface area contributed by atoms with Crippen molar-refractivity contribution in [2.24, 2.45) is 0 Å². The van der Waals surface area contributed by atoms with Gasteiger partial charge in [-0.1, -0.05) is 6.07 Å². The molecule has 3 fully saturated rings. The number of carbonyl (C=O) groups excluding carboxylic acids is 1. The molecule has 1 aromatic heterocycles. The van der Waals surface area contributed by atoms with Crippen molar-refractivity contribution in [3.05, 3.63) is 47.5 Å². The lowest BCUT2D eigenvalue weighted by atomic mass is 9.91. The Morgan fingerprint density at radius 3 is 2.35 bits per heavy atom. The average Bonchev–Trinajstić information content (AvgIpc) is 3.70. The maximum atomic E-state index is 14.9. The lowest BCUT2D eigenvalue weighted by Gasteiger charge is -2.41. The predicted octanol–water partition coefficient (Wildman–Crippen LogP) is 3.47. The fourth-order valence-corrected chi connectivity index (χ4v) is 5.67. The van der Waals surface area contributed by atoms with Crippen LogP contribution in [0.3, 0.4) is 0 Å². The molecule has 2 N–H and O–H groups in total. The number of hydrogen-bond acceptors (Lipinski definition) is 7. The monoisotopic (exact) mass is 511 g/mol. The third-order valence-corrected chi connectivity index (χ3v) is 7.98. The molecule has 2 aliphatic carbocycles. The first kappa shape index (κ1) is 25.9. The Morgan fingerprint density at radius 2 is 1.76 bits per heavy atom. The molecular weight excluding hydrogens is 473 g/mol. The highest BCUT2D eigenvalue weighted by Crippen LogP contribution is 2.35. The van der Waals surface area contributed by atoms with Gasteiger partial charge >= 0.3 is 0 Å². The fraction of sp³-hybridized carbons (Fsp3) is 0.607. The second kappa shape index (κ2) is 10.2. The van der Waals surface area contributed by atoms with Crippen molar-refractivity contribution >= 4 is 17.5 Å². The number of rotatable bonds is 6. The minimum atomic E-state index is -1.10. The summed E-state index contributed by atoms with van der Waals surface area (Å²) in [6, 6.07) is 7.03. The number of aliphatic hydroxyl groups is 2. The highest BCUT2D eigenvalue weighted by Gasteiger charge is 2.40. The summed E-state index contributed by atoms with van der Waals surface area (Å²) in [4.78, 5) is 28.9. The number of nitrogens with zero attached hydrogens (tertiary/aromatic N) is 5. The number of anilines is 2. The molecule has 2 aromatic rings. The van der Waals surface area contributed by atoms with Crippen molar-refractivity contribution in [2.75, 3.05) is 29.4 Å². The topological polar surface area (TPSA) is 93.0 Å². The van der Waals surface area contributed by atoms with Gasteiger partial charge in [0.15, 0.2) is 0 Å². The van der Waals surface area contributed by atoms with Crippen LogP contribution in [0, 0.1) is 5.82 Å². The van der Waals surface area contributed by atoms with Crippen LogP contribution in [-0.2, 0) is 5.60 Å². The number of amides is 1. The van der Waals surface area contributed by atoms with Crippen molar-refractivity contribution < 1.29 is 19.4 Å². The van der Waals surface area contributed by atoms with E-state index in [-0.39, 0.29) is 36.0 Å². The van der Waals surface area contributed by atoms with E-state index in [1.165, 1.54) is 6.07 Å². The molecule has 5 rings (SSSR count). The van der Waals surface area contributed by atoms with E-state index in [1.807, 2.05) is 9.80 Å². The minimum Gasteiger partial charge on any atom is -0.393 e. The Labute approximate surface area is 218 Å². The van der Waals surface area contributed by atoms with Crippen LogP contribution in [0.4, 0.5) is 16.0 Å². The SMILES string of the molecule is C[C@@H]1CN(c2ccc(C(C)(C)O)cc2F)CCN1c1nccc(C(=O)N(C2CCC(O)CC2)C2CC2)n1. The Kier molecular flexibility index (Phi) is 7.11. The summed E-state index contributed by atoms with van der Waals surface area (Å²) in [6.45, 7) is 7.10. The fourth-order valence-electron chi connectivity index (χ4n) is 5.67. The van der Waals surface area contributed by atoms with Crippen LogP contribution in [0.25, 0.3) is 0 Å². The van der Waals surface area contributed by atoms with E-state index >= 15 is 0 Å². The second-order valence-corrected chi connectivity index (χ2v) is 11.4. The molecule has 37 heavy (non-hydrogen) atoms. The lowest BCUT2D eigenvalue weighted by Crippen LogP contribution is -2.53. The molecule has 0 radical (unpaired) electrons. The summed E-state index contributed by atoms with van der Waals surface area (Å²) in [6.07, 6.45) is 6.56. The van der Waals surface area contributed by atoms with Crippen molar-refractivity contribution in [1.82, 2.24) is 14.9 Å². The van der Waals surface area contributed by atoms with Gasteiger partial charge in [-0.2, -0.15) is 0 Å². The molecule has 2 saturated carbocycles. The van der Waals surface area contributed by atoms with Gasteiger partial charge in [-0.25, -0.2) is 14.4 Å². The standard InChI is InChI=1S/C28H38FN5O3/c1-18-17-32(25-11-4-19(16-23(25)29)28(2,3)37)14-15-33(18)27-30-13-12-24(31-27)26(36)34(20-5-6-20)21-7-9-22(35)10-8-21/h4,11-13,16,18,20-22,35,37H,5-10,14-15,17H2,1-3H3/t18-,21?,22?/m1/s1. The first-order chi connectivity index (χ1) is 17.6. The van der Waals surface area contributed by atoms with Crippen LogP contribution >= 0.6 is 0 Å². The van der Waals surface area contributed by atoms with Gasteiger partial charge in [-0.15, -0.1) is 0 Å². The number of benzene rings is 1. The first-order valence-corrected chi connectivity index (χ1v) is 13.5. The van der Waals surface area contributed by atoms with Crippen molar-refractivity contribution in [3.63, 3.8) is 0 Å². The number of aliphatic hydroxyl groups excluding tert-OH is 1. The zero-order valence-corrected chi connectivity index (χ0v) is 22.0. The number of carbonyl (C=O) groups is 1. The Bertz CT molecular complexity index is 1130. The van der Waals surface area contributed by atoms with E-state index in [1.54, 1.807) is 38.2 Å². The molecule has 0 unspecified atom stereocenters. The highest BCUT2D eigenvalue weighted by molar-refractivity contribution is 5.93. The normalized spacial score (nSPS) is 24.8. The molecule has 9 heteroatoms. The smallest absolute Gasteiger partial charge is 0.273 e. The third kappa shape index (κ3) is 5.57. The number of aromatic nitrogens is 2. The summed E-state index contributed by atoms with van der Waals surface area (Å²) in [5.41, 5.74) is 0.367. The lowest BCUT2D eigenvalue weighted by molar-refractivity contribution is 0.0470. The predicted molar refractivity (Wildman–Crippen MR) is 140 cm³/mol. The molecule has 0 spiro atoms. The van der Waals surface area contributed by atoms with E-state index in [4.69, 9.17) is 4.98 Å². The van der Waals surface area contributed by atoms with E-state index < -0.39 is 5.60 Å². The molecule has 2 heterocycles. The Morgan fingerprint density at radius 1 is 1.08 bits per heavy atom. The molecule has 1 atom stereocenters. The van der Waals surface area contributed by atoms with Gasteiger partial charge in [0, 0.05) is 44.0 Å². The summed E-state index contributed by atoms with van der Waals surface area (Å²) in [7, 11) is 0. The summed E-state index contributed by atoms with van der Waals surface area (Å²) in [5, 5.41) is 20.1. The maximum absolute atomic E-state index is 14.9. The largest absolute Gasteiger partial charge is 0.393 e. The first-order valence-electron chi connectivity index (χ1n) is 13.5. The minimum absolute atomic E-state index is 0.00632. The molecular formula is C28H38FN5O3. The molecule has 1 aliphatic heterocycles. The van der Waals surface area contributed by atoms with E-state index in [9.17, 15) is 19.4 Å². The van der Waals surface area contributed by atoms with Crippen molar-refractivity contribution in [3.8, 4) is 0 Å². The van der Waals surface area contributed by atoms with E-state index in [2.05, 4.69) is 16.8 Å². The summed E-state index contributed by atoms with van der Waals surface area (Å²) < 4.78 is 14.9. The zero-order valence-electron chi connectivity index (χ0n) is 22.0. The van der Waals surface area contributed by atoms with Crippen LogP contribution in [0.5, 0.6) is 0 Å². The molecule has 0 bridgehead atoms. The van der Waals surface area contributed by atoms with Crippen LogP contribution in [0.2, 0.25) is 0 Å². The van der Waals surface area contributed by atoms with Gasteiger partial charge in [0.05, 0.1) is 17.4 Å². The van der Waals surface area contributed by atoms with Crippen LogP contribution in [-0.4, -0.2) is 74.9 Å². The van der Waals surface area contributed by atoms with Gasteiger partial charge in [0.2, 0.25) is 5.95 Å². The Balaban J connectivity index is 1.29. The van der Waals surface area contributed by atoms with Gasteiger partial charge in [-0.3, -0.25) is 4.79 Å². The summed E-state index contributed by atoms with van der Waals surface area (Å²) in [5.74, 6) is 0.123. The van der Waals surface area contributed by atoms with Gasteiger partial charge in [0.1, 0.15) is 11.5 Å². The van der Waals surface area contributed by atoms with E-state index in [0.717, 1.165) is 38.5 Å². The van der Waals surface area contributed by atoms with E-state index in [0.29, 0.717) is 42.5 Å². The van der Waals surface area contributed by atoms with Crippen LogP contribution in [0.15, 0.2) is 30.5 Å².